The molecule has 0 bridgehead atoms. The number of hydrogen-bond acceptors (Lipinski definition) is 3. The molecule has 0 spiro atoms. The maximum Gasteiger partial charge on any atom is 0.332 e. The summed E-state index contributed by atoms with van der Waals surface area (Å²) >= 11 is 1.67. The third-order valence-corrected chi connectivity index (χ3v) is 3.88. The Morgan fingerprint density at radius 3 is 2.42 bits per heavy atom. The maximum atomic E-state index is 10.9. The Kier molecular flexibility index (Phi) is 6.95. The van der Waals surface area contributed by atoms with E-state index in [-0.39, 0.29) is 0 Å². The van der Waals surface area contributed by atoms with Gasteiger partial charge in [0, 0.05) is 17.3 Å². The minimum absolute atomic E-state index is 0.435. The van der Waals surface area contributed by atoms with Crippen molar-refractivity contribution in [2.24, 2.45) is 0 Å². The quantitative estimate of drug-likeness (QED) is 0.737. The van der Waals surface area contributed by atoms with Crippen LogP contribution in [0.15, 0.2) is 29.2 Å². The minimum atomic E-state index is -0.877. The Hall–Kier alpha value is -1.00. The molecule has 0 aliphatic rings. The molecule has 1 atom stereocenters. The van der Waals surface area contributed by atoms with Gasteiger partial charge in [0.25, 0.3) is 0 Å². The topological polar surface area (TPSA) is 46.5 Å². The molecule has 0 saturated heterocycles. The molecule has 1 rings (SSSR count). The SMILES string of the molecule is CCOC(CCSc1ccc(C(C)C)cc1)C(=O)O. The zero-order chi connectivity index (χ0) is 14.3. The fourth-order valence-corrected chi connectivity index (χ4v) is 2.61. The van der Waals surface area contributed by atoms with Crippen LogP contribution in [0.3, 0.4) is 0 Å². The van der Waals surface area contributed by atoms with Crippen molar-refractivity contribution in [3.05, 3.63) is 29.8 Å². The Labute approximate surface area is 119 Å². The number of benzene rings is 1. The smallest absolute Gasteiger partial charge is 0.332 e. The van der Waals surface area contributed by atoms with Crippen LogP contribution in [0.4, 0.5) is 0 Å². The lowest BCUT2D eigenvalue weighted by Crippen LogP contribution is -2.24. The average Bonchev–Trinajstić information content (AvgIpc) is 2.38. The number of aliphatic carboxylic acids is 1. The Morgan fingerprint density at radius 1 is 1.32 bits per heavy atom. The number of carboxylic acid groups (broad SMARTS) is 1. The van der Waals surface area contributed by atoms with Crippen molar-refractivity contribution in [1.82, 2.24) is 0 Å². The molecular formula is C15H22O3S. The first-order chi connectivity index (χ1) is 9.04. The molecule has 0 saturated carbocycles. The van der Waals surface area contributed by atoms with Crippen LogP contribution in [0.1, 0.15) is 38.7 Å². The van der Waals surface area contributed by atoms with Crippen molar-refractivity contribution in [3.8, 4) is 0 Å². The van der Waals surface area contributed by atoms with E-state index in [1.54, 1.807) is 11.8 Å². The lowest BCUT2D eigenvalue weighted by atomic mass is 10.0. The van der Waals surface area contributed by atoms with Gasteiger partial charge in [0.2, 0.25) is 0 Å². The van der Waals surface area contributed by atoms with Crippen LogP contribution >= 0.6 is 11.8 Å². The Bertz CT molecular complexity index is 387. The number of thioether (sulfide) groups is 1. The molecular weight excluding hydrogens is 260 g/mol. The van der Waals surface area contributed by atoms with Crippen LogP contribution < -0.4 is 0 Å². The molecule has 19 heavy (non-hydrogen) atoms. The second-order valence-electron chi connectivity index (χ2n) is 4.64. The van der Waals surface area contributed by atoms with Crippen LogP contribution in [0.25, 0.3) is 0 Å². The molecule has 106 valence electrons. The first-order valence-corrected chi connectivity index (χ1v) is 7.60. The highest BCUT2D eigenvalue weighted by Gasteiger charge is 2.16. The monoisotopic (exact) mass is 282 g/mol. The van der Waals surface area contributed by atoms with E-state index >= 15 is 0 Å². The van der Waals surface area contributed by atoms with Gasteiger partial charge in [-0.05, 0) is 37.0 Å². The van der Waals surface area contributed by atoms with Crippen molar-refractivity contribution in [2.75, 3.05) is 12.4 Å². The van der Waals surface area contributed by atoms with E-state index in [0.717, 1.165) is 5.75 Å². The van der Waals surface area contributed by atoms with E-state index in [9.17, 15) is 4.79 Å². The normalized spacial score (nSPS) is 12.6. The molecule has 0 radical (unpaired) electrons. The number of carbonyl (C=O) groups is 1. The van der Waals surface area contributed by atoms with Crippen molar-refractivity contribution in [3.63, 3.8) is 0 Å². The molecule has 1 N–H and O–H groups in total. The summed E-state index contributed by atoms with van der Waals surface area (Å²) in [7, 11) is 0. The van der Waals surface area contributed by atoms with Crippen LogP contribution in [-0.4, -0.2) is 29.5 Å². The summed E-state index contributed by atoms with van der Waals surface area (Å²) in [6, 6.07) is 8.45. The van der Waals surface area contributed by atoms with Crippen LogP contribution in [0, 0.1) is 0 Å². The van der Waals surface area contributed by atoms with Crippen LogP contribution in [-0.2, 0) is 9.53 Å². The Balaban J connectivity index is 2.41. The first kappa shape index (κ1) is 16.1. The molecule has 4 heteroatoms. The highest BCUT2D eigenvalue weighted by Crippen LogP contribution is 2.23. The lowest BCUT2D eigenvalue weighted by Gasteiger charge is -2.12. The summed E-state index contributed by atoms with van der Waals surface area (Å²) < 4.78 is 5.18. The van der Waals surface area contributed by atoms with E-state index in [1.807, 2.05) is 6.92 Å². The highest BCUT2D eigenvalue weighted by atomic mass is 32.2. The number of hydrogen-bond donors (Lipinski definition) is 1. The summed E-state index contributed by atoms with van der Waals surface area (Å²) in [5, 5.41) is 8.96. The van der Waals surface area contributed by atoms with Gasteiger partial charge in [-0.2, -0.15) is 0 Å². The molecule has 1 unspecified atom stereocenters. The number of carboxylic acids is 1. The van der Waals surface area contributed by atoms with Crippen molar-refractivity contribution >= 4 is 17.7 Å². The van der Waals surface area contributed by atoms with E-state index in [1.165, 1.54) is 10.5 Å². The Morgan fingerprint density at radius 2 is 1.95 bits per heavy atom. The zero-order valence-corrected chi connectivity index (χ0v) is 12.6. The van der Waals surface area contributed by atoms with Crippen molar-refractivity contribution in [2.45, 2.75) is 44.1 Å². The van der Waals surface area contributed by atoms with Gasteiger partial charge >= 0.3 is 5.97 Å². The zero-order valence-electron chi connectivity index (χ0n) is 11.8. The third kappa shape index (κ3) is 5.66. The van der Waals surface area contributed by atoms with E-state index in [2.05, 4.69) is 38.1 Å². The van der Waals surface area contributed by atoms with Crippen LogP contribution in [0.2, 0.25) is 0 Å². The van der Waals surface area contributed by atoms with Gasteiger partial charge in [-0.25, -0.2) is 4.79 Å². The number of rotatable bonds is 8. The molecule has 3 nitrogen and oxygen atoms in total. The molecule has 0 fully saturated rings. The number of ether oxygens (including phenoxy) is 1. The van der Waals surface area contributed by atoms with Gasteiger partial charge in [-0.3, -0.25) is 0 Å². The summed E-state index contributed by atoms with van der Waals surface area (Å²) in [5.41, 5.74) is 1.32. The summed E-state index contributed by atoms with van der Waals surface area (Å²) in [4.78, 5) is 12.1. The molecule has 1 aromatic carbocycles. The molecule has 0 aliphatic heterocycles. The maximum absolute atomic E-state index is 10.9. The summed E-state index contributed by atoms with van der Waals surface area (Å²) in [6.45, 7) is 6.59. The predicted octanol–water partition coefficient (Wildman–Crippen LogP) is 3.78. The molecule has 0 aromatic heterocycles. The van der Waals surface area contributed by atoms with Gasteiger partial charge < -0.3 is 9.84 Å². The largest absolute Gasteiger partial charge is 0.479 e. The van der Waals surface area contributed by atoms with Crippen molar-refractivity contribution < 1.29 is 14.6 Å². The van der Waals surface area contributed by atoms with Gasteiger partial charge in [-0.1, -0.05) is 26.0 Å². The molecule has 1 aromatic rings. The van der Waals surface area contributed by atoms with E-state index in [4.69, 9.17) is 9.84 Å². The van der Waals surface area contributed by atoms with E-state index < -0.39 is 12.1 Å². The van der Waals surface area contributed by atoms with Gasteiger partial charge in [0.1, 0.15) is 0 Å². The van der Waals surface area contributed by atoms with Crippen LogP contribution in [0.5, 0.6) is 0 Å². The average molecular weight is 282 g/mol. The molecule has 0 heterocycles. The molecule has 0 aliphatic carbocycles. The minimum Gasteiger partial charge on any atom is -0.479 e. The van der Waals surface area contributed by atoms with Crippen molar-refractivity contribution in [1.29, 1.82) is 0 Å². The van der Waals surface area contributed by atoms with Gasteiger partial charge in [0.15, 0.2) is 6.10 Å². The third-order valence-electron chi connectivity index (χ3n) is 2.84. The predicted molar refractivity (Wildman–Crippen MR) is 78.9 cm³/mol. The molecule has 0 amide bonds. The highest BCUT2D eigenvalue weighted by molar-refractivity contribution is 7.99. The lowest BCUT2D eigenvalue weighted by molar-refractivity contribution is -0.150. The fraction of sp³-hybridized carbons (Fsp3) is 0.533. The standard InChI is InChI=1S/C15H22O3S/c1-4-18-14(15(16)17)9-10-19-13-7-5-12(6-8-13)11(2)3/h5-8,11,14H,4,9-10H2,1-3H3,(H,16,17). The van der Waals surface area contributed by atoms with Gasteiger partial charge in [-0.15, -0.1) is 11.8 Å². The fourth-order valence-electron chi connectivity index (χ4n) is 1.71. The van der Waals surface area contributed by atoms with E-state index in [0.29, 0.717) is 18.9 Å². The summed E-state index contributed by atoms with van der Waals surface area (Å²) in [5.74, 6) is 0.406. The van der Waals surface area contributed by atoms with Gasteiger partial charge in [0.05, 0.1) is 0 Å². The first-order valence-electron chi connectivity index (χ1n) is 6.61. The second kappa shape index (κ2) is 8.23. The summed E-state index contributed by atoms with van der Waals surface area (Å²) in [6.07, 6.45) is -0.160. The second-order valence-corrected chi connectivity index (χ2v) is 5.81.